The number of halogens is 3. The molecular formula is C21H16ClF2N3O3S. The van der Waals surface area contributed by atoms with Crippen LogP contribution in [0.1, 0.15) is 21.5 Å². The van der Waals surface area contributed by atoms with Crippen molar-refractivity contribution in [2.45, 2.75) is 18.4 Å². The molecule has 1 heterocycles. The highest BCUT2D eigenvalue weighted by Crippen LogP contribution is 2.34. The van der Waals surface area contributed by atoms with Crippen LogP contribution in [0.3, 0.4) is 0 Å². The summed E-state index contributed by atoms with van der Waals surface area (Å²) < 4.78 is 55.2. The standard InChI is InChI=1S/C21H16ClF2N3O3S/c1-12-16(23)5-3-7-19(12)31(29,30)27-18-10-14(9-8-13(18)11-25-27)26-21(28)20-15(22)4-2-6-17(20)24/h2-10,25H,11H2,1H3,(H,26,28). The molecule has 0 unspecified atom stereocenters. The Morgan fingerprint density at radius 1 is 1.10 bits per heavy atom. The van der Waals surface area contributed by atoms with Crippen LogP contribution in [0.2, 0.25) is 5.02 Å². The van der Waals surface area contributed by atoms with E-state index in [9.17, 15) is 22.0 Å². The van der Waals surface area contributed by atoms with E-state index >= 15 is 0 Å². The van der Waals surface area contributed by atoms with Crippen LogP contribution in [0.25, 0.3) is 0 Å². The second-order valence-electron chi connectivity index (χ2n) is 6.86. The molecule has 0 saturated carbocycles. The average Bonchev–Trinajstić information content (AvgIpc) is 3.14. The van der Waals surface area contributed by atoms with Gasteiger partial charge in [0.2, 0.25) is 0 Å². The third-order valence-corrected chi connectivity index (χ3v) is 7.02. The second kappa shape index (κ2) is 7.92. The highest BCUT2D eigenvalue weighted by Gasteiger charge is 2.33. The average molecular weight is 464 g/mol. The van der Waals surface area contributed by atoms with Crippen LogP contribution in [-0.4, -0.2) is 14.3 Å². The Labute approximate surface area is 182 Å². The fraction of sp³-hybridized carbons (Fsp3) is 0.0952. The Bertz CT molecular complexity index is 1290. The van der Waals surface area contributed by atoms with Gasteiger partial charge in [-0.3, -0.25) is 4.79 Å². The Hall–Kier alpha value is -3.01. The van der Waals surface area contributed by atoms with E-state index in [0.717, 1.165) is 10.5 Å². The Morgan fingerprint density at radius 2 is 1.81 bits per heavy atom. The summed E-state index contributed by atoms with van der Waals surface area (Å²) in [5.41, 5.74) is 3.60. The minimum absolute atomic E-state index is 0.00333. The van der Waals surface area contributed by atoms with Gasteiger partial charge in [0.15, 0.2) is 0 Å². The highest BCUT2D eigenvalue weighted by molar-refractivity contribution is 7.92. The van der Waals surface area contributed by atoms with Crippen molar-refractivity contribution in [3.8, 4) is 0 Å². The zero-order valence-electron chi connectivity index (χ0n) is 16.1. The topological polar surface area (TPSA) is 78.5 Å². The summed E-state index contributed by atoms with van der Waals surface area (Å²) in [6.45, 7) is 1.60. The number of anilines is 2. The third-order valence-electron chi connectivity index (χ3n) is 4.90. The van der Waals surface area contributed by atoms with Gasteiger partial charge in [0.1, 0.15) is 11.6 Å². The molecule has 160 valence electrons. The van der Waals surface area contributed by atoms with Crippen LogP contribution in [0.4, 0.5) is 20.2 Å². The third kappa shape index (κ3) is 3.76. The van der Waals surface area contributed by atoms with E-state index in [1.165, 1.54) is 43.3 Å². The lowest BCUT2D eigenvalue weighted by atomic mass is 10.1. The normalized spacial score (nSPS) is 13.2. The molecule has 0 aromatic heterocycles. The number of nitrogens with one attached hydrogen (secondary N) is 2. The molecule has 4 rings (SSSR count). The number of hydrogen-bond acceptors (Lipinski definition) is 4. The van der Waals surface area contributed by atoms with E-state index in [0.29, 0.717) is 5.56 Å². The first-order valence-electron chi connectivity index (χ1n) is 9.12. The summed E-state index contributed by atoms with van der Waals surface area (Å²) in [4.78, 5) is 12.3. The van der Waals surface area contributed by atoms with Crippen molar-refractivity contribution in [2.24, 2.45) is 0 Å². The second-order valence-corrected chi connectivity index (χ2v) is 9.02. The first kappa shape index (κ1) is 21.2. The van der Waals surface area contributed by atoms with Gasteiger partial charge in [-0.2, -0.15) is 12.8 Å². The van der Waals surface area contributed by atoms with E-state index in [-0.39, 0.29) is 39.0 Å². The zero-order valence-corrected chi connectivity index (χ0v) is 17.7. The number of rotatable bonds is 4. The summed E-state index contributed by atoms with van der Waals surface area (Å²) in [6.07, 6.45) is 0. The summed E-state index contributed by atoms with van der Waals surface area (Å²) in [5, 5.41) is 2.48. The lowest BCUT2D eigenvalue weighted by Gasteiger charge is -2.21. The van der Waals surface area contributed by atoms with Crippen LogP contribution in [0.5, 0.6) is 0 Å². The van der Waals surface area contributed by atoms with Crippen LogP contribution < -0.4 is 15.2 Å². The zero-order chi connectivity index (χ0) is 22.3. The molecule has 6 nitrogen and oxygen atoms in total. The lowest BCUT2D eigenvalue weighted by Crippen LogP contribution is -2.38. The number of sulfonamides is 1. The van der Waals surface area contributed by atoms with Crippen molar-refractivity contribution in [1.29, 1.82) is 0 Å². The van der Waals surface area contributed by atoms with Crippen LogP contribution in [0, 0.1) is 18.6 Å². The number of amides is 1. The van der Waals surface area contributed by atoms with E-state index < -0.39 is 27.6 Å². The summed E-state index contributed by atoms with van der Waals surface area (Å²) in [6, 6.07) is 12.3. The summed E-state index contributed by atoms with van der Waals surface area (Å²) in [7, 11) is -4.13. The number of hydrogen-bond donors (Lipinski definition) is 2. The molecular weight excluding hydrogens is 448 g/mol. The van der Waals surface area contributed by atoms with Gasteiger partial charge in [-0.1, -0.05) is 29.8 Å². The van der Waals surface area contributed by atoms with Crippen molar-refractivity contribution in [1.82, 2.24) is 5.43 Å². The van der Waals surface area contributed by atoms with Crippen LogP contribution >= 0.6 is 11.6 Å². The van der Waals surface area contributed by atoms with Gasteiger partial charge in [0.25, 0.3) is 15.9 Å². The van der Waals surface area contributed by atoms with Gasteiger partial charge in [0, 0.05) is 17.8 Å². The molecule has 0 spiro atoms. The molecule has 31 heavy (non-hydrogen) atoms. The molecule has 3 aromatic carbocycles. The minimum Gasteiger partial charge on any atom is -0.322 e. The molecule has 1 amide bonds. The van der Waals surface area contributed by atoms with Crippen molar-refractivity contribution in [3.63, 3.8) is 0 Å². The maximum absolute atomic E-state index is 14.0. The highest BCUT2D eigenvalue weighted by atomic mass is 35.5. The van der Waals surface area contributed by atoms with Gasteiger partial charge in [-0.05, 0) is 48.9 Å². The maximum Gasteiger partial charge on any atom is 0.278 e. The maximum atomic E-state index is 14.0. The van der Waals surface area contributed by atoms with E-state index in [1.54, 1.807) is 12.1 Å². The van der Waals surface area contributed by atoms with E-state index in [1.807, 2.05) is 0 Å². The molecule has 0 saturated heterocycles. The molecule has 0 radical (unpaired) electrons. The molecule has 1 aliphatic rings. The molecule has 0 fully saturated rings. The number of benzene rings is 3. The first-order valence-corrected chi connectivity index (χ1v) is 10.9. The van der Waals surface area contributed by atoms with Crippen LogP contribution in [0.15, 0.2) is 59.5 Å². The molecule has 0 atom stereocenters. The Morgan fingerprint density at radius 3 is 2.55 bits per heavy atom. The fourth-order valence-corrected chi connectivity index (χ4v) is 5.15. The quantitative estimate of drug-likeness (QED) is 0.601. The minimum atomic E-state index is -4.13. The first-order chi connectivity index (χ1) is 14.7. The summed E-state index contributed by atoms with van der Waals surface area (Å²) >= 11 is 5.93. The van der Waals surface area contributed by atoms with Crippen molar-refractivity contribution >= 4 is 38.9 Å². The largest absolute Gasteiger partial charge is 0.322 e. The monoisotopic (exact) mass is 463 g/mol. The molecule has 1 aliphatic heterocycles. The number of fused-ring (bicyclic) bond motifs is 1. The molecule has 10 heteroatoms. The SMILES string of the molecule is Cc1c(F)cccc1S(=O)(=O)N1NCc2ccc(NC(=O)c3c(F)cccc3Cl)cc21. The molecule has 0 bridgehead atoms. The molecule has 3 aromatic rings. The smallest absolute Gasteiger partial charge is 0.278 e. The van der Waals surface area contributed by atoms with Crippen molar-refractivity contribution in [3.05, 3.63) is 87.9 Å². The fourth-order valence-electron chi connectivity index (χ4n) is 3.31. The Balaban J connectivity index is 1.68. The Kier molecular flexibility index (Phi) is 5.42. The number of hydrazine groups is 1. The lowest BCUT2D eigenvalue weighted by molar-refractivity contribution is 0.102. The van der Waals surface area contributed by atoms with E-state index in [4.69, 9.17) is 11.6 Å². The number of carbonyl (C=O) groups is 1. The van der Waals surface area contributed by atoms with Gasteiger partial charge in [-0.25, -0.2) is 14.2 Å². The predicted molar refractivity (Wildman–Crippen MR) is 113 cm³/mol. The number of carbonyl (C=O) groups excluding carboxylic acids is 1. The van der Waals surface area contributed by atoms with Crippen molar-refractivity contribution < 1.29 is 22.0 Å². The summed E-state index contributed by atoms with van der Waals surface area (Å²) in [5.74, 6) is -2.19. The predicted octanol–water partition coefficient (Wildman–Crippen LogP) is 4.39. The van der Waals surface area contributed by atoms with Gasteiger partial charge in [0.05, 0.1) is 21.2 Å². The van der Waals surface area contributed by atoms with Crippen molar-refractivity contribution in [2.75, 3.05) is 9.73 Å². The van der Waals surface area contributed by atoms with Gasteiger partial charge in [-0.15, -0.1) is 0 Å². The van der Waals surface area contributed by atoms with E-state index in [2.05, 4.69) is 10.7 Å². The molecule has 0 aliphatic carbocycles. The number of nitrogens with zero attached hydrogens (tertiary/aromatic N) is 1. The van der Waals surface area contributed by atoms with Gasteiger partial charge < -0.3 is 5.32 Å². The van der Waals surface area contributed by atoms with Crippen LogP contribution in [-0.2, 0) is 16.6 Å². The molecule has 2 N–H and O–H groups in total. The van der Waals surface area contributed by atoms with Gasteiger partial charge >= 0.3 is 0 Å².